The van der Waals surface area contributed by atoms with E-state index >= 15 is 0 Å². The number of carbonyl (C=O) groups is 2. The Kier molecular flexibility index (Phi) is 3.26. The molecule has 2 aromatic rings. The predicted molar refractivity (Wildman–Crippen MR) is 82.0 cm³/mol. The molecule has 1 aliphatic carbocycles. The van der Waals surface area contributed by atoms with Gasteiger partial charge in [-0.3, -0.25) is 14.6 Å². The zero-order valence-electron chi connectivity index (χ0n) is 12.0. The summed E-state index contributed by atoms with van der Waals surface area (Å²) in [7, 11) is 0. The van der Waals surface area contributed by atoms with Gasteiger partial charge in [-0.1, -0.05) is 36.4 Å². The van der Waals surface area contributed by atoms with Crippen LogP contribution in [0.3, 0.4) is 0 Å². The lowest BCUT2D eigenvalue weighted by Gasteiger charge is -2.08. The highest BCUT2D eigenvalue weighted by molar-refractivity contribution is 6.28. The summed E-state index contributed by atoms with van der Waals surface area (Å²) in [5, 5.41) is 0.998. The van der Waals surface area contributed by atoms with Crippen LogP contribution < -0.4 is 0 Å². The van der Waals surface area contributed by atoms with E-state index in [-0.39, 0.29) is 11.6 Å². The molecule has 0 aliphatic heterocycles. The molecule has 104 valence electrons. The van der Waals surface area contributed by atoms with E-state index in [4.69, 9.17) is 0 Å². The van der Waals surface area contributed by atoms with Crippen molar-refractivity contribution in [3.8, 4) is 0 Å². The third kappa shape index (κ3) is 2.11. The number of para-hydroxylation sites is 1. The van der Waals surface area contributed by atoms with Gasteiger partial charge >= 0.3 is 0 Å². The van der Waals surface area contributed by atoms with Crippen molar-refractivity contribution in [3.63, 3.8) is 0 Å². The van der Waals surface area contributed by atoms with E-state index in [2.05, 4.69) is 4.98 Å². The molecule has 1 aromatic heterocycles. The van der Waals surface area contributed by atoms with Crippen molar-refractivity contribution in [3.05, 3.63) is 65.4 Å². The SMILES string of the molecule is C/C=C\C1=C(C)C(=O)C(c2ccc3ccccc3n2)C1=O. The van der Waals surface area contributed by atoms with E-state index in [1.54, 1.807) is 25.1 Å². The van der Waals surface area contributed by atoms with Gasteiger partial charge in [-0.2, -0.15) is 0 Å². The van der Waals surface area contributed by atoms with Gasteiger partial charge in [-0.25, -0.2) is 0 Å². The number of allylic oxidation sites excluding steroid dienone is 4. The number of hydrogen-bond acceptors (Lipinski definition) is 3. The van der Waals surface area contributed by atoms with E-state index in [1.165, 1.54) is 0 Å². The first kappa shape index (κ1) is 13.4. The zero-order valence-corrected chi connectivity index (χ0v) is 12.0. The molecular weight excluding hydrogens is 262 g/mol. The highest BCUT2D eigenvalue weighted by Gasteiger charge is 2.39. The van der Waals surface area contributed by atoms with Crippen molar-refractivity contribution in [2.75, 3.05) is 0 Å². The summed E-state index contributed by atoms with van der Waals surface area (Å²) in [4.78, 5) is 29.4. The summed E-state index contributed by atoms with van der Waals surface area (Å²) in [6.45, 7) is 3.54. The molecule has 0 bridgehead atoms. The van der Waals surface area contributed by atoms with Gasteiger partial charge < -0.3 is 0 Å². The molecule has 0 spiro atoms. The number of ketones is 2. The fourth-order valence-corrected chi connectivity index (χ4v) is 2.69. The minimum absolute atomic E-state index is 0.143. The van der Waals surface area contributed by atoms with E-state index in [0.29, 0.717) is 16.8 Å². The Morgan fingerprint density at radius 1 is 1.05 bits per heavy atom. The molecule has 0 radical (unpaired) electrons. The number of nitrogens with zero attached hydrogens (tertiary/aromatic N) is 1. The molecule has 3 rings (SSSR count). The maximum atomic E-state index is 12.5. The van der Waals surface area contributed by atoms with Crippen molar-refractivity contribution in [2.45, 2.75) is 19.8 Å². The van der Waals surface area contributed by atoms with Crippen LogP contribution in [-0.4, -0.2) is 16.6 Å². The Morgan fingerprint density at radius 3 is 2.57 bits per heavy atom. The highest BCUT2D eigenvalue weighted by Crippen LogP contribution is 2.33. The van der Waals surface area contributed by atoms with Gasteiger partial charge in [0.05, 0.1) is 11.2 Å². The molecule has 1 atom stereocenters. The first-order valence-electron chi connectivity index (χ1n) is 6.91. The minimum Gasteiger partial charge on any atom is -0.293 e. The molecule has 0 saturated carbocycles. The van der Waals surface area contributed by atoms with Crippen LogP contribution in [0.25, 0.3) is 10.9 Å². The first-order chi connectivity index (χ1) is 10.1. The molecule has 0 amide bonds. The van der Waals surface area contributed by atoms with Gasteiger partial charge in [-0.05, 0) is 26.0 Å². The summed E-state index contributed by atoms with van der Waals surface area (Å²) in [5.74, 6) is -1.09. The van der Waals surface area contributed by atoms with E-state index in [9.17, 15) is 9.59 Å². The summed E-state index contributed by atoms with van der Waals surface area (Å²) in [6, 6.07) is 11.3. The third-order valence-corrected chi connectivity index (χ3v) is 3.81. The van der Waals surface area contributed by atoms with Crippen LogP contribution in [0, 0.1) is 0 Å². The van der Waals surface area contributed by atoms with Crippen molar-refractivity contribution in [1.29, 1.82) is 0 Å². The third-order valence-electron chi connectivity index (χ3n) is 3.81. The Morgan fingerprint density at radius 2 is 1.81 bits per heavy atom. The van der Waals surface area contributed by atoms with E-state index in [0.717, 1.165) is 10.9 Å². The number of rotatable bonds is 2. The Bertz CT molecular complexity index is 815. The minimum atomic E-state index is -0.791. The summed E-state index contributed by atoms with van der Waals surface area (Å²) < 4.78 is 0. The lowest BCUT2D eigenvalue weighted by atomic mass is 9.97. The van der Waals surface area contributed by atoms with Crippen LogP contribution in [0.1, 0.15) is 25.5 Å². The van der Waals surface area contributed by atoms with Gasteiger partial charge in [0.2, 0.25) is 0 Å². The lowest BCUT2D eigenvalue weighted by Crippen LogP contribution is -2.16. The molecule has 0 N–H and O–H groups in total. The average molecular weight is 277 g/mol. The lowest BCUT2D eigenvalue weighted by molar-refractivity contribution is -0.123. The van der Waals surface area contributed by atoms with Gasteiger partial charge in [0.15, 0.2) is 11.6 Å². The van der Waals surface area contributed by atoms with Crippen LogP contribution >= 0.6 is 0 Å². The average Bonchev–Trinajstić information content (AvgIpc) is 2.71. The van der Waals surface area contributed by atoms with E-state index < -0.39 is 5.92 Å². The summed E-state index contributed by atoms with van der Waals surface area (Å²) >= 11 is 0. The van der Waals surface area contributed by atoms with Crippen LogP contribution in [0.4, 0.5) is 0 Å². The maximum absolute atomic E-state index is 12.5. The molecule has 3 heteroatoms. The number of hydrogen-bond donors (Lipinski definition) is 0. The van der Waals surface area contributed by atoms with Crippen LogP contribution in [0.5, 0.6) is 0 Å². The van der Waals surface area contributed by atoms with Gasteiger partial charge in [-0.15, -0.1) is 0 Å². The number of aromatic nitrogens is 1. The van der Waals surface area contributed by atoms with Crippen LogP contribution in [0.2, 0.25) is 0 Å². The number of Topliss-reactive ketones (excluding diaryl/α,β-unsaturated/α-hetero) is 2. The zero-order chi connectivity index (χ0) is 15.0. The van der Waals surface area contributed by atoms with Gasteiger partial charge in [0.25, 0.3) is 0 Å². The molecule has 1 aliphatic rings. The predicted octanol–water partition coefficient (Wildman–Crippen LogP) is 3.36. The highest BCUT2D eigenvalue weighted by atomic mass is 16.2. The van der Waals surface area contributed by atoms with E-state index in [1.807, 2.05) is 37.3 Å². The molecule has 1 aromatic carbocycles. The topological polar surface area (TPSA) is 47.0 Å². The second-order valence-electron chi connectivity index (χ2n) is 5.13. The fraction of sp³-hybridized carbons (Fsp3) is 0.167. The number of fused-ring (bicyclic) bond motifs is 1. The van der Waals surface area contributed by atoms with Crippen LogP contribution in [0.15, 0.2) is 59.7 Å². The first-order valence-corrected chi connectivity index (χ1v) is 6.91. The van der Waals surface area contributed by atoms with Gasteiger partial charge in [0.1, 0.15) is 5.92 Å². The second kappa shape index (κ2) is 5.09. The number of carbonyl (C=O) groups excluding carboxylic acids is 2. The maximum Gasteiger partial charge on any atom is 0.180 e. The number of benzene rings is 1. The van der Waals surface area contributed by atoms with Crippen molar-refractivity contribution >= 4 is 22.5 Å². The Hall–Kier alpha value is -2.55. The van der Waals surface area contributed by atoms with Crippen molar-refractivity contribution < 1.29 is 9.59 Å². The number of pyridine rings is 1. The largest absolute Gasteiger partial charge is 0.293 e. The van der Waals surface area contributed by atoms with Gasteiger partial charge in [0, 0.05) is 16.5 Å². The Balaban J connectivity index is 2.08. The molecule has 1 heterocycles. The standard InChI is InChI=1S/C18H15NO2/c1-3-6-13-11(2)17(20)16(18(13)21)15-10-9-12-7-4-5-8-14(12)19-15/h3-10,16H,1-2H3/b6-3-. The summed E-state index contributed by atoms with van der Waals surface area (Å²) in [5.41, 5.74) is 2.36. The molecule has 1 unspecified atom stereocenters. The molecular formula is C18H15NO2. The molecule has 3 nitrogen and oxygen atoms in total. The molecule has 21 heavy (non-hydrogen) atoms. The normalized spacial score (nSPS) is 19.2. The molecule has 0 saturated heterocycles. The second-order valence-corrected chi connectivity index (χ2v) is 5.13. The smallest absolute Gasteiger partial charge is 0.180 e. The quantitative estimate of drug-likeness (QED) is 0.791. The fourth-order valence-electron chi connectivity index (χ4n) is 2.69. The Labute approximate surface area is 123 Å². The molecule has 0 fully saturated rings. The monoisotopic (exact) mass is 277 g/mol. The summed E-state index contributed by atoms with van der Waals surface area (Å²) in [6.07, 6.45) is 3.48. The van der Waals surface area contributed by atoms with Crippen molar-refractivity contribution in [1.82, 2.24) is 4.98 Å². The van der Waals surface area contributed by atoms with Crippen LogP contribution in [-0.2, 0) is 9.59 Å². The van der Waals surface area contributed by atoms with Crippen molar-refractivity contribution in [2.24, 2.45) is 0 Å².